The summed E-state index contributed by atoms with van der Waals surface area (Å²) in [4.78, 5) is 19.4. The molecule has 0 N–H and O–H groups in total. The number of amides is 1. The van der Waals surface area contributed by atoms with Crippen molar-refractivity contribution in [2.75, 3.05) is 12.0 Å². The van der Waals surface area contributed by atoms with Crippen LogP contribution in [0.5, 0.6) is 5.75 Å². The number of methoxy groups -OCH3 is 1. The van der Waals surface area contributed by atoms with Crippen molar-refractivity contribution in [1.29, 1.82) is 0 Å². The van der Waals surface area contributed by atoms with Gasteiger partial charge in [0.05, 0.1) is 30.2 Å². The first-order valence-corrected chi connectivity index (χ1v) is 10.5. The number of nitrogens with zero attached hydrogens (tertiary/aromatic N) is 2. The second kappa shape index (κ2) is 8.05. The van der Waals surface area contributed by atoms with Crippen LogP contribution in [0.1, 0.15) is 16.1 Å². The predicted molar refractivity (Wildman–Crippen MR) is 119 cm³/mol. The Kier molecular flexibility index (Phi) is 5.07. The van der Waals surface area contributed by atoms with Crippen LogP contribution in [0.25, 0.3) is 21.0 Å². The molecule has 0 atom stereocenters. The first-order chi connectivity index (χ1) is 15.5. The number of benzene rings is 3. The molecule has 8 heteroatoms. The number of carbonyl (C=O) groups is 1. The third-order valence-electron chi connectivity index (χ3n) is 5.07. The van der Waals surface area contributed by atoms with Crippen molar-refractivity contribution in [3.63, 3.8) is 0 Å². The van der Waals surface area contributed by atoms with Gasteiger partial charge in [-0.25, -0.2) is 13.8 Å². The maximum atomic E-state index is 14.3. The van der Waals surface area contributed by atoms with Gasteiger partial charge in [0.1, 0.15) is 22.8 Å². The summed E-state index contributed by atoms with van der Waals surface area (Å²) in [6.45, 7) is 0.0612. The summed E-state index contributed by atoms with van der Waals surface area (Å²) >= 11 is 1.03. The van der Waals surface area contributed by atoms with Crippen molar-refractivity contribution in [3.05, 3.63) is 89.9 Å². The van der Waals surface area contributed by atoms with E-state index in [0.29, 0.717) is 21.8 Å². The van der Waals surface area contributed by atoms with Crippen LogP contribution in [0.3, 0.4) is 0 Å². The van der Waals surface area contributed by atoms with E-state index in [1.807, 2.05) is 24.3 Å². The summed E-state index contributed by atoms with van der Waals surface area (Å²) in [6.07, 6.45) is 1.50. The number of carbonyl (C=O) groups excluding carboxylic acids is 1. The molecule has 0 unspecified atom stereocenters. The van der Waals surface area contributed by atoms with E-state index in [0.717, 1.165) is 28.2 Å². The zero-order valence-corrected chi connectivity index (χ0v) is 17.7. The highest BCUT2D eigenvalue weighted by Gasteiger charge is 2.26. The molecule has 1 amide bonds. The molecule has 0 spiro atoms. The van der Waals surface area contributed by atoms with Crippen molar-refractivity contribution < 1.29 is 22.7 Å². The highest BCUT2D eigenvalue weighted by molar-refractivity contribution is 7.22. The average Bonchev–Trinajstić information content (AvgIpc) is 3.46. The second-order valence-corrected chi connectivity index (χ2v) is 8.11. The van der Waals surface area contributed by atoms with Gasteiger partial charge in [0, 0.05) is 6.07 Å². The molecular formula is C24H16F2N2O3S. The lowest BCUT2D eigenvalue weighted by Gasteiger charge is -2.20. The van der Waals surface area contributed by atoms with Crippen molar-refractivity contribution in [2.24, 2.45) is 0 Å². The van der Waals surface area contributed by atoms with E-state index in [4.69, 9.17) is 9.15 Å². The molecule has 0 fully saturated rings. The first kappa shape index (κ1) is 20.1. The Morgan fingerprint density at radius 1 is 1.09 bits per heavy atom. The van der Waals surface area contributed by atoms with Crippen LogP contribution >= 0.6 is 11.3 Å². The SMILES string of the molecule is COc1cc2ccccc2cc1C(=O)N(Cc1ccco1)c1nc2c(F)cc(F)cc2s1. The number of rotatable bonds is 5. The number of furan rings is 1. The van der Waals surface area contributed by atoms with Crippen LogP contribution < -0.4 is 9.64 Å². The number of aromatic nitrogens is 1. The quantitative estimate of drug-likeness (QED) is 0.321. The van der Waals surface area contributed by atoms with Crippen molar-refractivity contribution in [3.8, 4) is 5.75 Å². The minimum atomic E-state index is -0.781. The van der Waals surface area contributed by atoms with Gasteiger partial charge < -0.3 is 9.15 Å². The molecular weight excluding hydrogens is 434 g/mol. The van der Waals surface area contributed by atoms with Gasteiger partial charge in [-0.15, -0.1) is 0 Å². The summed E-state index contributed by atoms with van der Waals surface area (Å²) in [7, 11) is 1.49. The Morgan fingerprint density at radius 2 is 1.88 bits per heavy atom. The highest BCUT2D eigenvalue weighted by atomic mass is 32.1. The van der Waals surface area contributed by atoms with Gasteiger partial charge in [-0.2, -0.15) is 0 Å². The Hall–Kier alpha value is -3.78. The Morgan fingerprint density at radius 3 is 2.59 bits per heavy atom. The summed E-state index contributed by atoms with van der Waals surface area (Å²) < 4.78 is 39.2. The molecule has 0 radical (unpaired) electrons. The average molecular weight is 450 g/mol. The Labute approximate surface area is 185 Å². The predicted octanol–water partition coefficient (Wildman–Crippen LogP) is 6.18. The molecule has 0 bridgehead atoms. The van der Waals surface area contributed by atoms with E-state index < -0.39 is 17.5 Å². The van der Waals surface area contributed by atoms with Crippen LogP contribution in [-0.2, 0) is 6.54 Å². The minimum Gasteiger partial charge on any atom is -0.496 e. The van der Waals surface area contributed by atoms with E-state index in [1.165, 1.54) is 24.3 Å². The number of anilines is 1. The van der Waals surface area contributed by atoms with Crippen LogP contribution in [0.4, 0.5) is 13.9 Å². The van der Waals surface area contributed by atoms with Gasteiger partial charge in [0.2, 0.25) is 0 Å². The zero-order chi connectivity index (χ0) is 22.2. The molecule has 5 rings (SSSR count). The molecule has 5 aromatic rings. The van der Waals surface area contributed by atoms with E-state index in [1.54, 1.807) is 24.3 Å². The number of thiazole rings is 1. The van der Waals surface area contributed by atoms with Crippen molar-refractivity contribution in [2.45, 2.75) is 6.54 Å². The number of halogens is 2. The summed E-state index contributed by atoms with van der Waals surface area (Å²) in [5.41, 5.74) is 0.331. The molecule has 0 saturated carbocycles. The van der Waals surface area contributed by atoms with Crippen LogP contribution in [0.15, 0.2) is 71.3 Å². The second-order valence-electron chi connectivity index (χ2n) is 7.10. The van der Waals surface area contributed by atoms with Crippen molar-refractivity contribution >= 4 is 43.4 Å². The van der Waals surface area contributed by atoms with E-state index in [9.17, 15) is 13.6 Å². The molecule has 0 aliphatic carbocycles. The third kappa shape index (κ3) is 3.58. The van der Waals surface area contributed by atoms with Gasteiger partial charge in [-0.05, 0) is 41.1 Å². The zero-order valence-electron chi connectivity index (χ0n) is 16.8. The molecule has 0 saturated heterocycles. The fraction of sp³-hybridized carbons (Fsp3) is 0.0833. The topological polar surface area (TPSA) is 55.6 Å². The number of ether oxygens (including phenoxy) is 1. The summed E-state index contributed by atoms with van der Waals surface area (Å²) in [5.74, 6) is -0.967. The molecule has 0 aliphatic heterocycles. The number of hydrogen-bond donors (Lipinski definition) is 0. The molecule has 2 aromatic heterocycles. The highest BCUT2D eigenvalue weighted by Crippen LogP contribution is 2.35. The molecule has 0 aliphatic rings. The van der Waals surface area contributed by atoms with E-state index >= 15 is 0 Å². The van der Waals surface area contributed by atoms with Gasteiger partial charge in [0.25, 0.3) is 5.91 Å². The van der Waals surface area contributed by atoms with Gasteiger partial charge in [0.15, 0.2) is 10.9 Å². The first-order valence-electron chi connectivity index (χ1n) is 9.70. The van der Waals surface area contributed by atoms with Gasteiger partial charge in [-0.1, -0.05) is 35.6 Å². The summed E-state index contributed by atoms with van der Waals surface area (Å²) in [6, 6.07) is 16.6. The summed E-state index contributed by atoms with van der Waals surface area (Å²) in [5, 5.41) is 2.02. The molecule has 3 aromatic carbocycles. The monoisotopic (exact) mass is 450 g/mol. The van der Waals surface area contributed by atoms with Gasteiger partial charge >= 0.3 is 0 Å². The number of fused-ring (bicyclic) bond motifs is 2. The fourth-order valence-corrected chi connectivity index (χ4v) is 4.55. The lowest BCUT2D eigenvalue weighted by atomic mass is 10.0. The fourth-order valence-electron chi connectivity index (χ4n) is 3.55. The smallest absolute Gasteiger partial charge is 0.264 e. The van der Waals surface area contributed by atoms with Gasteiger partial charge in [-0.3, -0.25) is 9.69 Å². The Bertz CT molecular complexity index is 1450. The lowest BCUT2D eigenvalue weighted by Crippen LogP contribution is -2.30. The lowest BCUT2D eigenvalue weighted by molar-refractivity contribution is 0.0980. The molecule has 5 nitrogen and oxygen atoms in total. The van der Waals surface area contributed by atoms with E-state index in [-0.39, 0.29) is 17.2 Å². The van der Waals surface area contributed by atoms with Crippen molar-refractivity contribution in [1.82, 2.24) is 4.98 Å². The largest absolute Gasteiger partial charge is 0.496 e. The van der Waals surface area contributed by atoms with Crippen LogP contribution in [-0.4, -0.2) is 18.0 Å². The maximum absolute atomic E-state index is 14.3. The maximum Gasteiger partial charge on any atom is 0.264 e. The van der Waals surface area contributed by atoms with Crippen LogP contribution in [0.2, 0.25) is 0 Å². The van der Waals surface area contributed by atoms with Crippen LogP contribution in [0, 0.1) is 11.6 Å². The Balaban J connectivity index is 1.65. The normalized spacial score (nSPS) is 11.2. The third-order valence-corrected chi connectivity index (χ3v) is 6.10. The standard InChI is InChI=1S/C24H16F2N2O3S/c1-30-20-10-15-6-3-2-5-14(15)9-18(20)23(29)28(13-17-7-4-8-31-17)24-27-22-19(26)11-16(25)12-21(22)32-24/h2-12H,13H2,1H3. The molecule has 32 heavy (non-hydrogen) atoms. The van der Waals surface area contributed by atoms with E-state index in [2.05, 4.69) is 4.98 Å². The minimum absolute atomic E-state index is 0.00845. The molecule has 2 heterocycles. The molecule has 160 valence electrons. The number of hydrogen-bond acceptors (Lipinski definition) is 5.